The molecule has 0 bridgehead atoms. The summed E-state index contributed by atoms with van der Waals surface area (Å²) in [6.07, 6.45) is -20.6. The van der Waals surface area contributed by atoms with Gasteiger partial charge < -0.3 is 164 Å². The maximum Gasteiger partial charge on any atom is 0.323 e. The largest absolute Gasteiger partial charge is 0.489 e. The summed E-state index contributed by atoms with van der Waals surface area (Å²) in [4.78, 5) is 39.8. The monoisotopic (exact) mass is 1640 g/mol. The van der Waals surface area contributed by atoms with Gasteiger partial charge in [-0.2, -0.15) is 0 Å². The van der Waals surface area contributed by atoms with E-state index in [-0.39, 0.29) is 119 Å². The number of hydrogen-bond acceptors (Lipinski definition) is 30. The van der Waals surface area contributed by atoms with E-state index in [0.29, 0.717) is 51.4 Å². The van der Waals surface area contributed by atoms with Crippen LogP contribution < -0.4 is 46.1 Å². The van der Waals surface area contributed by atoms with Crippen molar-refractivity contribution >= 4 is 52.2 Å². The molecule has 18 N–H and O–H groups in total. The third-order valence-corrected chi connectivity index (χ3v) is 18.2. The number of rotatable bonds is 45. The second kappa shape index (κ2) is 47.4. The van der Waals surface area contributed by atoms with Crippen molar-refractivity contribution in [1.29, 1.82) is 0 Å². The van der Waals surface area contributed by atoms with E-state index in [1.54, 1.807) is 146 Å². The molecular weight excluding hydrogens is 1540 g/mol. The maximum absolute atomic E-state index is 13.3. The zero-order valence-electron chi connectivity index (χ0n) is 63.8. The quantitative estimate of drug-likeness (QED) is 0.0243. The molecule has 0 aliphatic carbocycles. The Morgan fingerprint density at radius 1 is 0.265 bits per heavy atom. The van der Waals surface area contributed by atoms with Gasteiger partial charge in [0, 0.05) is 52.3 Å². The van der Waals surface area contributed by atoms with Crippen molar-refractivity contribution in [2.75, 3.05) is 131 Å². The van der Waals surface area contributed by atoms with Gasteiger partial charge in [0.1, 0.15) is 110 Å². The van der Waals surface area contributed by atoms with E-state index in [1.807, 2.05) is 18.2 Å². The number of ether oxygens (including phenoxy) is 15. The van der Waals surface area contributed by atoms with E-state index in [4.69, 9.17) is 71.1 Å². The van der Waals surface area contributed by atoms with Gasteiger partial charge in [-0.1, -0.05) is 54.6 Å². The summed E-state index contributed by atoms with van der Waals surface area (Å²) >= 11 is 0. The third-order valence-electron chi connectivity index (χ3n) is 18.2. The highest BCUT2D eigenvalue weighted by Gasteiger charge is 2.46. The average molecular weight is 1640 g/mol. The minimum Gasteiger partial charge on any atom is -0.489 e. The number of carbonyl (C=O) groups excluding carboxylic acids is 3. The van der Waals surface area contributed by atoms with Crippen LogP contribution in [0.2, 0.25) is 0 Å². The van der Waals surface area contributed by atoms with Gasteiger partial charge in [0.2, 0.25) is 0 Å². The molecule has 3 aliphatic rings. The summed E-state index contributed by atoms with van der Waals surface area (Å²) in [5, 5.41) is 135. The summed E-state index contributed by atoms with van der Waals surface area (Å²) in [5.74, 6) is 1.36. The Morgan fingerprint density at radius 2 is 0.513 bits per heavy atom. The standard InChI is InChI=1S/C81H102N6O30/c88-40-64-67(91)70(94)73(97)76(115-64)109-31-28-103-22-25-106-43-49-10-16-55(17-11-49)82-79(100)85-58-4-1-7-61(37-58)112-46-52-34-53(47-113-62-8-2-5-59(38-62)86-80(101)83-56-18-12-50(13-19-56)44-107-26-23-104-29-32-110-77-74(98)71(95)68(92)65(41-89)116-77)36-54(35-52)48-114-63-9-3-6-60(39-63)87-81(102)84-57-20-14-51(15-21-57)45-108-27-24-105-30-33-111-78-75(99)72(96)69(93)66(42-90)117-78/h1-21,34-39,64-78,88-99H,22-33,40-48H2,(H2,82,85,100)(H2,83,86,101)(H2,84,87,102)/t64-,65-,66-,67-,68-,69-,70+,71+,72+,73-,74-,75-,76-,77-,78-/m1/s1. The molecule has 0 unspecified atom stereocenters. The molecule has 10 rings (SSSR count). The first kappa shape index (κ1) is 90.1. The van der Waals surface area contributed by atoms with E-state index in [1.165, 1.54) is 0 Å². The van der Waals surface area contributed by atoms with Crippen molar-refractivity contribution in [3.05, 3.63) is 197 Å². The zero-order valence-corrected chi connectivity index (χ0v) is 63.8. The lowest BCUT2D eigenvalue weighted by Gasteiger charge is -2.39. The fourth-order valence-corrected chi connectivity index (χ4v) is 12.0. The smallest absolute Gasteiger partial charge is 0.323 e. The molecule has 0 saturated carbocycles. The zero-order chi connectivity index (χ0) is 82.8. The molecule has 0 spiro atoms. The Hall–Kier alpha value is -9.21. The van der Waals surface area contributed by atoms with E-state index in [0.717, 1.165) is 33.4 Å². The molecule has 7 aromatic rings. The summed E-state index contributed by atoms with van der Waals surface area (Å²) in [5.41, 5.74) is 7.70. The van der Waals surface area contributed by atoms with Crippen LogP contribution in [0, 0.1) is 0 Å². The first-order valence-electron chi connectivity index (χ1n) is 37.8. The second-order valence-electron chi connectivity index (χ2n) is 27.1. The summed E-state index contributed by atoms with van der Waals surface area (Å²) in [7, 11) is 0. The number of urea groups is 3. The fourth-order valence-electron chi connectivity index (χ4n) is 12.0. The summed E-state index contributed by atoms with van der Waals surface area (Å²) in [6.45, 7) is 1.19. The van der Waals surface area contributed by atoms with Gasteiger partial charge in [-0.05, 0) is 124 Å². The van der Waals surface area contributed by atoms with E-state index in [9.17, 15) is 75.7 Å². The Kier molecular flexibility index (Phi) is 36.5. The van der Waals surface area contributed by atoms with Crippen molar-refractivity contribution in [2.45, 2.75) is 132 Å². The minimum atomic E-state index is -1.54. The Bertz CT molecular complexity index is 3700. The molecule has 0 radical (unpaired) electrons. The highest BCUT2D eigenvalue weighted by Crippen LogP contribution is 2.29. The lowest BCUT2D eigenvalue weighted by molar-refractivity contribution is -0.302. The number of hydrogen-bond donors (Lipinski definition) is 18. The second-order valence-corrected chi connectivity index (χ2v) is 27.1. The van der Waals surface area contributed by atoms with Crippen LogP contribution in [0.1, 0.15) is 33.4 Å². The van der Waals surface area contributed by atoms with Gasteiger partial charge in [0.05, 0.1) is 119 Å². The average Bonchev–Trinajstić information content (AvgIpc) is 0.829. The van der Waals surface area contributed by atoms with Crippen molar-refractivity contribution in [1.82, 2.24) is 0 Å². The molecule has 15 atom stereocenters. The van der Waals surface area contributed by atoms with Crippen LogP contribution in [0.5, 0.6) is 17.2 Å². The maximum atomic E-state index is 13.3. The molecule has 36 nitrogen and oxygen atoms in total. The predicted octanol–water partition coefficient (Wildman–Crippen LogP) is 3.40. The fraction of sp³-hybridized carbons (Fsp3) is 0.444. The molecule has 6 amide bonds. The van der Waals surface area contributed by atoms with Crippen molar-refractivity contribution < 1.29 is 147 Å². The summed E-state index contributed by atoms with van der Waals surface area (Å²) < 4.78 is 85.0. The van der Waals surface area contributed by atoms with Crippen molar-refractivity contribution in [3.8, 4) is 17.2 Å². The van der Waals surface area contributed by atoms with Gasteiger partial charge in [-0.15, -0.1) is 0 Å². The van der Waals surface area contributed by atoms with Crippen LogP contribution in [0.25, 0.3) is 0 Å². The van der Waals surface area contributed by atoms with Gasteiger partial charge in [0.25, 0.3) is 0 Å². The van der Waals surface area contributed by atoms with Gasteiger partial charge >= 0.3 is 18.1 Å². The summed E-state index contributed by atoms with van der Waals surface area (Å²) in [6, 6.07) is 46.2. The van der Waals surface area contributed by atoms with Crippen LogP contribution in [-0.4, -0.2) is 271 Å². The highest BCUT2D eigenvalue weighted by atomic mass is 16.7. The number of anilines is 6. The molecule has 3 aliphatic heterocycles. The molecular formula is C81H102N6O30. The van der Waals surface area contributed by atoms with Gasteiger partial charge in [-0.3, -0.25) is 0 Å². The van der Waals surface area contributed by atoms with Crippen LogP contribution in [-0.2, 0) is 96.5 Å². The molecule has 0 aromatic heterocycles. The van der Waals surface area contributed by atoms with E-state index in [2.05, 4.69) is 31.9 Å². The van der Waals surface area contributed by atoms with Crippen molar-refractivity contribution in [2.24, 2.45) is 0 Å². The molecule has 117 heavy (non-hydrogen) atoms. The van der Waals surface area contributed by atoms with Gasteiger partial charge in [-0.25, -0.2) is 14.4 Å². The molecule has 7 aromatic carbocycles. The number of amides is 6. The molecule has 3 heterocycles. The third kappa shape index (κ3) is 29.1. The number of aliphatic hydroxyl groups excluding tert-OH is 12. The van der Waals surface area contributed by atoms with Crippen molar-refractivity contribution in [3.63, 3.8) is 0 Å². The van der Waals surface area contributed by atoms with Crippen LogP contribution in [0.15, 0.2) is 164 Å². The van der Waals surface area contributed by atoms with Crippen LogP contribution >= 0.6 is 0 Å². The molecule has 636 valence electrons. The lowest BCUT2D eigenvalue weighted by Crippen LogP contribution is -2.59. The topological polar surface area (TPSA) is 505 Å². The van der Waals surface area contributed by atoms with Gasteiger partial charge in [0.15, 0.2) is 18.9 Å². The SMILES string of the molecule is O=C(Nc1ccc(COCCOCCO[C@@H]2O[C@H](CO)[C@@H](O)[C@H](O)[C@H]2O)cc1)Nc1cccc(OCc2cc(COc3cccc(NC(=O)Nc4ccc(COCCOCCO[C@@H]5O[C@H](CO)[C@@H](O)[C@H](O)[C@H]5O)cc4)c3)cc(COc3cccc(NC(=O)Nc4ccc(COCCOCCO[C@@H]5O[C@H](CO)[C@@H](O)[C@H](O)[C@H]5O)cc4)c3)c2)c1. The molecule has 3 saturated heterocycles. The normalized spacial score (nSPS) is 23.1. The lowest BCUT2D eigenvalue weighted by atomic mass is 9.99. The molecule has 3 fully saturated rings. The van der Waals surface area contributed by atoms with Crippen LogP contribution in [0.4, 0.5) is 48.5 Å². The van der Waals surface area contributed by atoms with E-state index < -0.39 is 130 Å². The predicted molar refractivity (Wildman–Crippen MR) is 417 cm³/mol. The van der Waals surface area contributed by atoms with Crippen LogP contribution in [0.3, 0.4) is 0 Å². The number of carbonyl (C=O) groups is 3. The first-order valence-corrected chi connectivity index (χ1v) is 37.8. The Labute approximate surface area is 673 Å². The Morgan fingerprint density at radius 3 is 0.778 bits per heavy atom. The Balaban J connectivity index is 0.675. The van der Waals surface area contributed by atoms with E-state index >= 15 is 0 Å². The number of benzene rings is 7. The first-order chi connectivity index (χ1) is 56.8. The number of nitrogens with one attached hydrogen (secondary N) is 6. The minimum absolute atomic E-state index is 0.00762. The molecule has 36 heteroatoms. The number of aliphatic hydroxyl groups is 12. The highest BCUT2D eigenvalue weighted by molar-refractivity contribution is 6.01.